The largest absolute Gasteiger partial charge is 0.481 e. The first kappa shape index (κ1) is 16.1. The summed E-state index contributed by atoms with van der Waals surface area (Å²) in [7, 11) is 1.66. The SMILES string of the molecule is COCCN(C(=O)N1CCC(CCC(=O)O)CC1)C1CC1. The molecule has 6 heteroatoms. The number of likely N-dealkylation sites (tertiary alicyclic amines) is 1. The Hall–Kier alpha value is -1.30. The van der Waals surface area contributed by atoms with E-state index >= 15 is 0 Å². The predicted octanol–water partition coefficient (Wildman–Crippen LogP) is 1.79. The van der Waals surface area contributed by atoms with Gasteiger partial charge in [0.2, 0.25) is 0 Å². The van der Waals surface area contributed by atoms with E-state index in [1.165, 1.54) is 0 Å². The Balaban J connectivity index is 1.77. The number of carbonyl (C=O) groups is 2. The van der Waals surface area contributed by atoms with Gasteiger partial charge in [-0.15, -0.1) is 0 Å². The fraction of sp³-hybridized carbons (Fsp3) is 0.867. The molecular formula is C15H26N2O4. The van der Waals surface area contributed by atoms with Gasteiger partial charge in [-0.25, -0.2) is 4.79 Å². The van der Waals surface area contributed by atoms with Gasteiger partial charge in [0.05, 0.1) is 6.61 Å². The Morgan fingerprint density at radius 3 is 2.43 bits per heavy atom. The summed E-state index contributed by atoms with van der Waals surface area (Å²) in [5.74, 6) is -0.286. The topological polar surface area (TPSA) is 70.1 Å². The maximum atomic E-state index is 12.6. The highest BCUT2D eigenvalue weighted by Crippen LogP contribution is 2.29. The van der Waals surface area contributed by atoms with Gasteiger partial charge in [-0.05, 0) is 38.0 Å². The number of amides is 2. The molecule has 0 bridgehead atoms. The molecule has 2 amide bonds. The predicted molar refractivity (Wildman–Crippen MR) is 78.2 cm³/mol. The molecule has 1 aliphatic heterocycles. The number of ether oxygens (including phenoxy) is 1. The van der Waals surface area contributed by atoms with Crippen LogP contribution in [-0.2, 0) is 9.53 Å². The smallest absolute Gasteiger partial charge is 0.320 e. The fourth-order valence-electron chi connectivity index (χ4n) is 2.93. The molecule has 0 radical (unpaired) electrons. The Morgan fingerprint density at radius 1 is 1.24 bits per heavy atom. The first-order chi connectivity index (χ1) is 10.1. The summed E-state index contributed by atoms with van der Waals surface area (Å²) in [5, 5.41) is 8.72. The van der Waals surface area contributed by atoms with Crippen LogP contribution < -0.4 is 0 Å². The maximum Gasteiger partial charge on any atom is 0.320 e. The molecule has 1 saturated heterocycles. The molecule has 0 aromatic rings. The average molecular weight is 298 g/mol. The van der Waals surface area contributed by atoms with E-state index in [1.807, 2.05) is 9.80 Å². The van der Waals surface area contributed by atoms with E-state index in [0.29, 0.717) is 25.1 Å². The van der Waals surface area contributed by atoms with Crippen LogP contribution in [0, 0.1) is 5.92 Å². The number of rotatable bonds is 7. The zero-order valence-corrected chi connectivity index (χ0v) is 12.8. The van der Waals surface area contributed by atoms with E-state index in [1.54, 1.807) is 7.11 Å². The van der Waals surface area contributed by atoms with Crippen LogP contribution in [0.2, 0.25) is 0 Å². The molecule has 2 fully saturated rings. The number of carboxylic acids is 1. The Bertz CT molecular complexity index is 363. The van der Waals surface area contributed by atoms with Crippen LogP contribution in [0.5, 0.6) is 0 Å². The molecule has 0 aromatic heterocycles. The highest BCUT2D eigenvalue weighted by Gasteiger charge is 2.35. The minimum atomic E-state index is -0.729. The highest BCUT2D eigenvalue weighted by atomic mass is 16.5. The molecule has 120 valence electrons. The lowest BCUT2D eigenvalue weighted by Gasteiger charge is -2.36. The fourth-order valence-corrected chi connectivity index (χ4v) is 2.93. The highest BCUT2D eigenvalue weighted by molar-refractivity contribution is 5.75. The van der Waals surface area contributed by atoms with E-state index in [4.69, 9.17) is 9.84 Å². The standard InChI is InChI=1S/C15H26N2O4/c1-21-11-10-17(13-3-4-13)15(20)16-8-6-12(7-9-16)2-5-14(18)19/h12-13H,2-11H2,1H3,(H,18,19). The van der Waals surface area contributed by atoms with E-state index < -0.39 is 5.97 Å². The summed E-state index contributed by atoms with van der Waals surface area (Å²) < 4.78 is 5.09. The van der Waals surface area contributed by atoms with Gasteiger partial charge in [-0.1, -0.05) is 0 Å². The number of urea groups is 1. The van der Waals surface area contributed by atoms with Crippen LogP contribution in [0.4, 0.5) is 4.79 Å². The van der Waals surface area contributed by atoms with Crippen molar-refractivity contribution in [2.75, 3.05) is 33.4 Å². The average Bonchev–Trinajstić information content (AvgIpc) is 3.30. The molecule has 0 aromatic carbocycles. The van der Waals surface area contributed by atoms with Gasteiger partial charge in [0, 0.05) is 39.2 Å². The van der Waals surface area contributed by atoms with Crippen LogP contribution in [0.1, 0.15) is 38.5 Å². The second-order valence-corrected chi connectivity index (χ2v) is 6.06. The quantitative estimate of drug-likeness (QED) is 0.778. The van der Waals surface area contributed by atoms with Crippen molar-refractivity contribution >= 4 is 12.0 Å². The van der Waals surface area contributed by atoms with Crippen molar-refractivity contribution in [2.45, 2.75) is 44.6 Å². The Kier molecular flexibility index (Phi) is 5.85. The first-order valence-electron chi connectivity index (χ1n) is 7.88. The molecule has 1 N–H and O–H groups in total. The van der Waals surface area contributed by atoms with Crippen molar-refractivity contribution in [3.63, 3.8) is 0 Å². The molecule has 0 unspecified atom stereocenters. The number of hydrogen-bond acceptors (Lipinski definition) is 3. The second-order valence-electron chi connectivity index (χ2n) is 6.06. The minimum absolute atomic E-state index is 0.131. The summed E-state index contributed by atoms with van der Waals surface area (Å²) in [6, 6.07) is 0.531. The van der Waals surface area contributed by atoms with E-state index in [9.17, 15) is 9.59 Å². The van der Waals surface area contributed by atoms with Crippen molar-refractivity contribution in [3.8, 4) is 0 Å². The van der Waals surface area contributed by atoms with Gasteiger partial charge in [-0.3, -0.25) is 4.79 Å². The number of piperidine rings is 1. The van der Waals surface area contributed by atoms with E-state index in [-0.39, 0.29) is 12.5 Å². The van der Waals surface area contributed by atoms with Gasteiger partial charge >= 0.3 is 12.0 Å². The van der Waals surface area contributed by atoms with Gasteiger partial charge in [0.25, 0.3) is 0 Å². The van der Waals surface area contributed by atoms with Crippen molar-refractivity contribution in [2.24, 2.45) is 5.92 Å². The summed E-state index contributed by atoms with van der Waals surface area (Å²) >= 11 is 0. The zero-order valence-electron chi connectivity index (χ0n) is 12.8. The molecule has 1 aliphatic carbocycles. The van der Waals surface area contributed by atoms with E-state index in [2.05, 4.69) is 0 Å². The van der Waals surface area contributed by atoms with Crippen LogP contribution >= 0.6 is 0 Å². The Labute approximate surface area is 126 Å². The van der Waals surface area contributed by atoms with Crippen LogP contribution in [0.3, 0.4) is 0 Å². The molecule has 1 saturated carbocycles. The lowest BCUT2D eigenvalue weighted by atomic mass is 9.92. The summed E-state index contributed by atoms with van der Waals surface area (Å²) in [6.07, 6.45) is 5.01. The third-order valence-electron chi connectivity index (χ3n) is 4.42. The second kappa shape index (κ2) is 7.64. The molecule has 0 atom stereocenters. The Morgan fingerprint density at radius 2 is 1.90 bits per heavy atom. The molecule has 21 heavy (non-hydrogen) atoms. The van der Waals surface area contributed by atoms with Crippen molar-refractivity contribution < 1.29 is 19.4 Å². The molecule has 2 rings (SSSR count). The third-order valence-corrected chi connectivity index (χ3v) is 4.42. The van der Waals surface area contributed by atoms with Gasteiger partial charge in [0.15, 0.2) is 0 Å². The number of carbonyl (C=O) groups excluding carboxylic acids is 1. The maximum absolute atomic E-state index is 12.6. The van der Waals surface area contributed by atoms with Crippen molar-refractivity contribution in [3.05, 3.63) is 0 Å². The molecule has 6 nitrogen and oxygen atoms in total. The molecule has 1 heterocycles. The zero-order chi connectivity index (χ0) is 15.2. The summed E-state index contributed by atoms with van der Waals surface area (Å²) in [4.78, 5) is 27.0. The number of hydrogen-bond donors (Lipinski definition) is 1. The van der Waals surface area contributed by atoms with Crippen LogP contribution in [-0.4, -0.2) is 66.3 Å². The molecule has 2 aliphatic rings. The van der Waals surface area contributed by atoms with Crippen LogP contribution in [0.15, 0.2) is 0 Å². The number of methoxy groups -OCH3 is 1. The first-order valence-corrected chi connectivity index (χ1v) is 7.88. The van der Waals surface area contributed by atoms with Gasteiger partial charge in [-0.2, -0.15) is 0 Å². The van der Waals surface area contributed by atoms with Gasteiger partial charge < -0.3 is 19.6 Å². The minimum Gasteiger partial charge on any atom is -0.481 e. The van der Waals surface area contributed by atoms with Crippen molar-refractivity contribution in [1.82, 2.24) is 9.80 Å². The van der Waals surface area contributed by atoms with E-state index in [0.717, 1.165) is 45.2 Å². The van der Waals surface area contributed by atoms with Gasteiger partial charge in [0.1, 0.15) is 0 Å². The normalized spacial score (nSPS) is 19.6. The lowest BCUT2D eigenvalue weighted by Crippen LogP contribution is -2.48. The lowest BCUT2D eigenvalue weighted by molar-refractivity contribution is -0.137. The van der Waals surface area contributed by atoms with Crippen LogP contribution in [0.25, 0.3) is 0 Å². The number of aliphatic carboxylic acids is 1. The number of nitrogens with zero attached hydrogens (tertiary/aromatic N) is 2. The summed E-state index contributed by atoms with van der Waals surface area (Å²) in [5.41, 5.74) is 0. The van der Waals surface area contributed by atoms with Crippen molar-refractivity contribution in [1.29, 1.82) is 0 Å². The monoisotopic (exact) mass is 298 g/mol. The number of carboxylic acid groups (broad SMARTS) is 1. The summed E-state index contributed by atoms with van der Waals surface area (Å²) in [6.45, 7) is 2.74. The molecule has 0 spiro atoms. The molecular weight excluding hydrogens is 272 g/mol. The third kappa shape index (κ3) is 4.88.